The van der Waals surface area contributed by atoms with E-state index in [1.807, 2.05) is 6.20 Å². The highest BCUT2D eigenvalue weighted by atomic mass is 79.9. The number of aryl methyl sites for hydroxylation is 1. The van der Waals surface area contributed by atoms with Gasteiger partial charge in [0, 0.05) is 29.8 Å². The van der Waals surface area contributed by atoms with Crippen molar-refractivity contribution in [1.29, 1.82) is 0 Å². The fraction of sp³-hybridized carbons (Fsp3) is 0.667. The minimum Gasteiger partial charge on any atom is -0.356 e. The highest BCUT2D eigenvalue weighted by molar-refractivity contribution is 9.10. The number of aromatic nitrogens is 1. The molecule has 2 saturated heterocycles. The van der Waals surface area contributed by atoms with E-state index >= 15 is 0 Å². The fourth-order valence-corrected chi connectivity index (χ4v) is 4.15. The molecule has 2 aliphatic rings. The quantitative estimate of drug-likeness (QED) is 0.791. The van der Waals surface area contributed by atoms with Crippen LogP contribution in [0.2, 0.25) is 0 Å². The number of pyridine rings is 1. The van der Waals surface area contributed by atoms with Gasteiger partial charge in [-0.3, -0.25) is 0 Å². The molecular formula is C15H22BrN3. The van der Waals surface area contributed by atoms with E-state index in [0.29, 0.717) is 0 Å². The first-order chi connectivity index (χ1) is 9.15. The number of hydrogen-bond acceptors (Lipinski definition) is 3. The van der Waals surface area contributed by atoms with Crippen molar-refractivity contribution >= 4 is 21.7 Å². The molecular weight excluding hydrogens is 302 g/mol. The van der Waals surface area contributed by atoms with Gasteiger partial charge in [-0.1, -0.05) is 0 Å². The van der Waals surface area contributed by atoms with Crippen molar-refractivity contribution in [2.45, 2.75) is 32.2 Å². The van der Waals surface area contributed by atoms with Gasteiger partial charge in [0.15, 0.2) is 0 Å². The van der Waals surface area contributed by atoms with Crippen LogP contribution in [0.25, 0.3) is 0 Å². The smallest absolute Gasteiger partial charge is 0.131 e. The lowest BCUT2D eigenvalue weighted by Crippen LogP contribution is -2.53. The Morgan fingerprint density at radius 2 is 2.16 bits per heavy atom. The summed E-state index contributed by atoms with van der Waals surface area (Å²) >= 11 is 3.50. The Bertz CT molecular complexity index is 463. The minimum atomic E-state index is 0.792. The summed E-state index contributed by atoms with van der Waals surface area (Å²) in [4.78, 5) is 9.67. The number of piperidine rings is 2. The van der Waals surface area contributed by atoms with Crippen LogP contribution in [0.3, 0.4) is 0 Å². The summed E-state index contributed by atoms with van der Waals surface area (Å²) in [5.74, 6) is 1.99. The van der Waals surface area contributed by atoms with Crippen molar-refractivity contribution in [1.82, 2.24) is 9.88 Å². The molecule has 0 radical (unpaired) electrons. The molecule has 1 aromatic heterocycles. The predicted molar refractivity (Wildman–Crippen MR) is 82.6 cm³/mol. The van der Waals surface area contributed by atoms with Crippen LogP contribution in [0.4, 0.5) is 5.82 Å². The molecule has 3 rings (SSSR count). The third-order valence-electron chi connectivity index (χ3n) is 4.66. The summed E-state index contributed by atoms with van der Waals surface area (Å²) in [6.07, 6.45) is 5.92. The molecule has 2 unspecified atom stereocenters. The number of hydrogen-bond donors (Lipinski definition) is 0. The molecule has 2 fully saturated rings. The zero-order valence-electron chi connectivity index (χ0n) is 11.8. The van der Waals surface area contributed by atoms with Gasteiger partial charge < -0.3 is 9.80 Å². The monoisotopic (exact) mass is 323 g/mol. The molecule has 3 heterocycles. The summed E-state index contributed by atoms with van der Waals surface area (Å²) in [5.41, 5.74) is 1.27. The molecule has 1 aromatic rings. The highest BCUT2D eigenvalue weighted by Gasteiger charge is 2.34. The van der Waals surface area contributed by atoms with Crippen LogP contribution in [-0.4, -0.2) is 42.6 Å². The summed E-state index contributed by atoms with van der Waals surface area (Å²) in [5, 5.41) is 0. The summed E-state index contributed by atoms with van der Waals surface area (Å²) in [6.45, 7) is 5.74. The second-order valence-corrected chi connectivity index (χ2v) is 6.89. The van der Waals surface area contributed by atoms with Gasteiger partial charge in [-0.05, 0) is 73.3 Å². The Balaban J connectivity index is 1.77. The van der Waals surface area contributed by atoms with Crippen LogP contribution in [0.5, 0.6) is 0 Å². The molecule has 0 saturated carbocycles. The van der Waals surface area contributed by atoms with Crippen LogP contribution < -0.4 is 4.90 Å². The molecule has 0 bridgehead atoms. The van der Waals surface area contributed by atoms with Crippen LogP contribution >= 0.6 is 15.9 Å². The van der Waals surface area contributed by atoms with Gasteiger partial charge in [0.25, 0.3) is 0 Å². The maximum atomic E-state index is 4.62. The molecule has 2 atom stereocenters. The molecule has 4 heteroatoms. The molecule has 0 amide bonds. The third kappa shape index (κ3) is 2.65. The van der Waals surface area contributed by atoms with E-state index in [1.54, 1.807) is 0 Å². The molecule has 0 N–H and O–H groups in total. The second kappa shape index (κ2) is 5.41. The largest absolute Gasteiger partial charge is 0.356 e. The lowest BCUT2D eigenvalue weighted by atomic mass is 9.84. The number of nitrogens with zero attached hydrogens (tertiary/aromatic N) is 3. The number of likely N-dealkylation sites (tertiary alicyclic amines) is 1. The van der Waals surface area contributed by atoms with Gasteiger partial charge in [-0.15, -0.1) is 0 Å². The van der Waals surface area contributed by atoms with E-state index in [4.69, 9.17) is 0 Å². The average molecular weight is 324 g/mol. The Morgan fingerprint density at radius 1 is 1.32 bits per heavy atom. The highest BCUT2D eigenvalue weighted by Crippen LogP contribution is 2.32. The Morgan fingerprint density at radius 3 is 2.95 bits per heavy atom. The van der Waals surface area contributed by atoms with Crippen LogP contribution in [-0.2, 0) is 0 Å². The summed E-state index contributed by atoms with van der Waals surface area (Å²) in [7, 11) is 2.29. The Hall–Kier alpha value is -0.610. The van der Waals surface area contributed by atoms with Crippen LogP contribution in [0, 0.1) is 12.8 Å². The van der Waals surface area contributed by atoms with Gasteiger partial charge >= 0.3 is 0 Å². The standard InChI is InChI=1S/C15H22BrN3/c1-11-8-13(16)9-17-15(11)19-7-5-14-12(10-19)4-3-6-18(14)2/h8-9,12,14H,3-7,10H2,1-2H3. The topological polar surface area (TPSA) is 19.4 Å². The lowest BCUT2D eigenvalue weighted by Gasteiger charge is -2.46. The lowest BCUT2D eigenvalue weighted by molar-refractivity contribution is 0.102. The van der Waals surface area contributed by atoms with Crippen molar-refractivity contribution in [3.8, 4) is 0 Å². The van der Waals surface area contributed by atoms with E-state index < -0.39 is 0 Å². The van der Waals surface area contributed by atoms with Crippen molar-refractivity contribution in [2.24, 2.45) is 5.92 Å². The second-order valence-electron chi connectivity index (χ2n) is 5.98. The summed E-state index contributed by atoms with van der Waals surface area (Å²) in [6, 6.07) is 2.96. The molecule has 3 nitrogen and oxygen atoms in total. The van der Waals surface area contributed by atoms with Gasteiger partial charge in [0.2, 0.25) is 0 Å². The SMILES string of the molecule is Cc1cc(Br)cnc1N1CCC2C(CCCN2C)C1. The summed E-state index contributed by atoms with van der Waals surface area (Å²) < 4.78 is 1.07. The first-order valence-corrected chi connectivity index (χ1v) is 8.02. The fourth-order valence-electron chi connectivity index (χ4n) is 3.71. The van der Waals surface area contributed by atoms with Crippen molar-refractivity contribution in [2.75, 3.05) is 31.6 Å². The number of halogens is 1. The predicted octanol–water partition coefficient (Wildman–Crippen LogP) is 3.07. The molecule has 0 aromatic carbocycles. The maximum Gasteiger partial charge on any atom is 0.131 e. The van der Waals surface area contributed by atoms with E-state index in [1.165, 1.54) is 43.7 Å². The molecule has 104 valence electrons. The third-order valence-corrected chi connectivity index (χ3v) is 5.10. The van der Waals surface area contributed by atoms with Crippen LogP contribution in [0.1, 0.15) is 24.8 Å². The van der Waals surface area contributed by atoms with Crippen molar-refractivity contribution in [3.63, 3.8) is 0 Å². The maximum absolute atomic E-state index is 4.62. The minimum absolute atomic E-state index is 0.792. The normalized spacial score (nSPS) is 28.3. The van der Waals surface area contributed by atoms with Crippen LogP contribution in [0.15, 0.2) is 16.7 Å². The molecule has 0 aliphatic carbocycles. The van der Waals surface area contributed by atoms with Gasteiger partial charge in [0.1, 0.15) is 5.82 Å². The average Bonchev–Trinajstić information content (AvgIpc) is 2.38. The number of rotatable bonds is 1. The van der Waals surface area contributed by atoms with E-state index in [2.05, 4.69) is 50.8 Å². The first-order valence-electron chi connectivity index (χ1n) is 7.22. The zero-order chi connectivity index (χ0) is 13.4. The van der Waals surface area contributed by atoms with Gasteiger partial charge in [-0.2, -0.15) is 0 Å². The Kier molecular flexibility index (Phi) is 3.81. The Labute approximate surface area is 124 Å². The molecule has 2 aliphatic heterocycles. The van der Waals surface area contributed by atoms with Crippen molar-refractivity contribution < 1.29 is 0 Å². The molecule has 19 heavy (non-hydrogen) atoms. The van der Waals surface area contributed by atoms with E-state index in [0.717, 1.165) is 23.0 Å². The number of fused-ring (bicyclic) bond motifs is 1. The molecule has 0 spiro atoms. The first kappa shape index (κ1) is 13.4. The zero-order valence-corrected chi connectivity index (χ0v) is 13.4. The van der Waals surface area contributed by atoms with Crippen molar-refractivity contribution in [3.05, 3.63) is 22.3 Å². The number of anilines is 1. The van der Waals surface area contributed by atoms with Gasteiger partial charge in [0.05, 0.1) is 0 Å². The van der Waals surface area contributed by atoms with Gasteiger partial charge in [-0.25, -0.2) is 4.98 Å². The van der Waals surface area contributed by atoms with E-state index in [-0.39, 0.29) is 0 Å². The van der Waals surface area contributed by atoms with E-state index in [9.17, 15) is 0 Å².